The number of nitrogens with one attached hydrogen (secondary N) is 1. The van der Waals surface area contributed by atoms with E-state index in [4.69, 9.17) is 10.2 Å². The number of nitrogens with two attached hydrogens (primary N) is 1. The van der Waals surface area contributed by atoms with Crippen molar-refractivity contribution in [2.75, 3.05) is 11.1 Å². The highest BCUT2D eigenvalue weighted by atomic mass is 16.3. The maximum absolute atomic E-state index is 5.59. The van der Waals surface area contributed by atoms with Gasteiger partial charge in [0.25, 0.3) is 0 Å². The normalized spacial score (nSPS) is 10.2. The first-order valence-corrected chi connectivity index (χ1v) is 4.89. The van der Waals surface area contributed by atoms with Gasteiger partial charge in [-0.3, -0.25) is 0 Å². The predicted octanol–water partition coefficient (Wildman–Crippen LogP) is 2.78. The second kappa shape index (κ2) is 4.09. The van der Waals surface area contributed by atoms with Crippen LogP contribution in [0.4, 0.5) is 11.4 Å². The van der Waals surface area contributed by atoms with Gasteiger partial charge in [0.1, 0.15) is 11.5 Å². The molecule has 0 saturated heterocycles. The van der Waals surface area contributed by atoms with E-state index in [1.54, 1.807) is 0 Å². The zero-order valence-corrected chi connectivity index (χ0v) is 8.66. The molecule has 1 aromatic carbocycles. The summed E-state index contributed by atoms with van der Waals surface area (Å²) in [6, 6.07) is 11.6. The maximum Gasteiger partial charge on any atom is 0.123 e. The van der Waals surface area contributed by atoms with Gasteiger partial charge in [-0.25, -0.2) is 0 Å². The molecule has 3 heteroatoms. The first kappa shape index (κ1) is 9.65. The van der Waals surface area contributed by atoms with Crippen molar-refractivity contribution < 1.29 is 4.42 Å². The minimum atomic E-state index is 0.692. The molecule has 0 bridgehead atoms. The molecule has 0 atom stereocenters. The summed E-state index contributed by atoms with van der Waals surface area (Å²) in [5, 5.41) is 3.25. The molecule has 0 amide bonds. The van der Waals surface area contributed by atoms with Gasteiger partial charge in [0, 0.05) is 11.4 Å². The van der Waals surface area contributed by atoms with Crippen LogP contribution in [0.3, 0.4) is 0 Å². The Bertz CT molecular complexity index is 431. The summed E-state index contributed by atoms with van der Waals surface area (Å²) in [6.07, 6.45) is 0. The van der Waals surface area contributed by atoms with Crippen molar-refractivity contribution in [1.82, 2.24) is 0 Å². The van der Waals surface area contributed by atoms with Crippen LogP contribution < -0.4 is 11.1 Å². The topological polar surface area (TPSA) is 51.2 Å². The summed E-state index contributed by atoms with van der Waals surface area (Å²) in [5.74, 6) is 1.87. The van der Waals surface area contributed by atoms with Gasteiger partial charge < -0.3 is 15.5 Å². The summed E-state index contributed by atoms with van der Waals surface area (Å²) < 4.78 is 5.44. The van der Waals surface area contributed by atoms with Crippen molar-refractivity contribution in [3.8, 4) is 0 Å². The van der Waals surface area contributed by atoms with Crippen LogP contribution in [0, 0.1) is 6.92 Å². The average Bonchev–Trinajstić information content (AvgIpc) is 2.64. The van der Waals surface area contributed by atoms with E-state index in [1.807, 2.05) is 43.3 Å². The Morgan fingerprint density at radius 3 is 2.47 bits per heavy atom. The van der Waals surface area contributed by atoms with E-state index >= 15 is 0 Å². The van der Waals surface area contributed by atoms with Gasteiger partial charge in [-0.15, -0.1) is 0 Å². The van der Waals surface area contributed by atoms with Crippen LogP contribution >= 0.6 is 0 Å². The Morgan fingerprint density at radius 2 is 1.87 bits per heavy atom. The summed E-state index contributed by atoms with van der Waals surface area (Å²) in [6.45, 7) is 2.63. The lowest BCUT2D eigenvalue weighted by atomic mass is 10.3. The van der Waals surface area contributed by atoms with Gasteiger partial charge in [0.15, 0.2) is 0 Å². The summed E-state index contributed by atoms with van der Waals surface area (Å²) in [7, 11) is 0. The highest BCUT2D eigenvalue weighted by Crippen LogP contribution is 2.13. The fourth-order valence-electron chi connectivity index (χ4n) is 1.37. The molecule has 0 fully saturated rings. The van der Waals surface area contributed by atoms with E-state index in [0.29, 0.717) is 6.54 Å². The highest BCUT2D eigenvalue weighted by molar-refractivity contribution is 5.51. The second-order valence-electron chi connectivity index (χ2n) is 3.49. The van der Waals surface area contributed by atoms with Crippen LogP contribution in [0.15, 0.2) is 40.8 Å². The SMILES string of the molecule is Cc1ccc(CNc2ccc(N)cc2)o1. The molecule has 0 saturated carbocycles. The minimum absolute atomic E-state index is 0.692. The Balaban J connectivity index is 1.96. The lowest BCUT2D eigenvalue weighted by molar-refractivity contribution is 0.490. The van der Waals surface area contributed by atoms with Crippen molar-refractivity contribution in [1.29, 1.82) is 0 Å². The number of benzene rings is 1. The van der Waals surface area contributed by atoms with Crippen LogP contribution in [0.5, 0.6) is 0 Å². The fourth-order valence-corrected chi connectivity index (χ4v) is 1.37. The molecule has 78 valence electrons. The van der Waals surface area contributed by atoms with Crippen molar-refractivity contribution in [3.05, 3.63) is 47.9 Å². The van der Waals surface area contributed by atoms with E-state index in [9.17, 15) is 0 Å². The molecule has 0 aliphatic rings. The van der Waals surface area contributed by atoms with Crippen molar-refractivity contribution in [2.24, 2.45) is 0 Å². The van der Waals surface area contributed by atoms with E-state index in [1.165, 1.54) is 0 Å². The molecule has 1 heterocycles. The third-order valence-electron chi connectivity index (χ3n) is 2.17. The average molecular weight is 202 g/mol. The van der Waals surface area contributed by atoms with Crippen LogP contribution in [0.1, 0.15) is 11.5 Å². The molecule has 0 unspecified atom stereocenters. The molecule has 1 aromatic heterocycles. The number of aryl methyl sites for hydroxylation is 1. The Hall–Kier alpha value is -1.90. The largest absolute Gasteiger partial charge is 0.465 e. The third-order valence-corrected chi connectivity index (χ3v) is 2.17. The van der Waals surface area contributed by atoms with Gasteiger partial charge in [0.2, 0.25) is 0 Å². The highest BCUT2D eigenvalue weighted by Gasteiger charge is 1.97. The third kappa shape index (κ3) is 2.53. The summed E-state index contributed by atoms with van der Waals surface area (Å²) >= 11 is 0. The monoisotopic (exact) mass is 202 g/mol. The lowest BCUT2D eigenvalue weighted by Crippen LogP contribution is -1.97. The first-order valence-electron chi connectivity index (χ1n) is 4.89. The molecule has 2 aromatic rings. The Labute approximate surface area is 88.9 Å². The number of rotatable bonds is 3. The van der Waals surface area contributed by atoms with Crippen molar-refractivity contribution in [3.63, 3.8) is 0 Å². The number of nitrogen functional groups attached to an aromatic ring is 1. The quantitative estimate of drug-likeness (QED) is 0.752. The predicted molar refractivity (Wildman–Crippen MR) is 61.6 cm³/mol. The zero-order valence-electron chi connectivity index (χ0n) is 8.66. The number of hydrogen-bond donors (Lipinski definition) is 2. The molecule has 3 N–H and O–H groups in total. The zero-order chi connectivity index (χ0) is 10.7. The molecular formula is C12H14N2O. The van der Waals surface area contributed by atoms with Crippen molar-refractivity contribution in [2.45, 2.75) is 13.5 Å². The number of anilines is 2. The second-order valence-corrected chi connectivity index (χ2v) is 3.49. The first-order chi connectivity index (χ1) is 7.24. The van der Waals surface area contributed by atoms with Crippen LogP contribution in [-0.2, 0) is 6.54 Å². The molecule has 15 heavy (non-hydrogen) atoms. The van der Waals surface area contributed by atoms with E-state index in [-0.39, 0.29) is 0 Å². The maximum atomic E-state index is 5.59. The smallest absolute Gasteiger partial charge is 0.123 e. The molecule has 0 aliphatic heterocycles. The number of furan rings is 1. The molecule has 3 nitrogen and oxygen atoms in total. The summed E-state index contributed by atoms with van der Waals surface area (Å²) in [4.78, 5) is 0. The minimum Gasteiger partial charge on any atom is -0.465 e. The molecular weight excluding hydrogens is 188 g/mol. The fraction of sp³-hybridized carbons (Fsp3) is 0.167. The van der Waals surface area contributed by atoms with Gasteiger partial charge in [-0.05, 0) is 43.3 Å². The Morgan fingerprint density at radius 1 is 1.13 bits per heavy atom. The molecule has 2 rings (SSSR count). The van der Waals surface area contributed by atoms with Crippen LogP contribution in [-0.4, -0.2) is 0 Å². The molecule has 0 aliphatic carbocycles. The standard InChI is InChI=1S/C12H14N2O/c1-9-2-7-12(15-9)8-14-11-5-3-10(13)4-6-11/h2-7,14H,8,13H2,1H3. The molecule has 0 spiro atoms. The van der Waals surface area contributed by atoms with Crippen LogP contribution in [0.2, 0.25) is 0 Å². The van der Waals surface area contributed by atoms with E-state index in [2.05, 4.69) is 5.32 Å². The van der Waals surface area contributed by atoms with Gasteiger partial charge in [-0.1, -0.05) is 0 Å². The van der Waals surface area contributed by atoms with Crippen molar-refractivity contribution >= 4 is 11.4 Å². The summed E-state index contributed by atoms with van der Waals surface area (Å²) in [5.41, 5.74) is 7.40. The molecule has 0 radical (unpaired) electrons. The number of hydrogen-bond acceptors (Lipinski definition) is 3. The van der Waals surface area contributed by atoms with E-state index in [0.717, 1.165) is 22.9 Å². The van der Waals surface area contributed by atoms with Gasteiger partial charge >= 0.3 is 0 Å². The Kier molecular flexibility index (Phi) is 2.63. The van der Waals surface area contributed by atoms with Gasteiger partial charge in [-0.2, -0.15) is 0 Å². The lowest BCUT2D eigenvalue weighted by Gasteiger charge is -2.04. The van der Waals surface area contributed by atoms with Crippen LogP contribution in [0.25, 0.3) is 0 Å². The van der Waals surface area contributed by atoms with Gasteiger partial charge in [0.05, 0.1) is 6.54 Å². The van der Waals surface area contributed by atoms with E-state index < -0.39 is 0 Å².